The number of aromatic nitrogens is 4. The summed E-state index contributed by atoms with van der Waals surface area (Å²) >= 11 is 1.50. The van der Waals surface area contributed by atoms with Gasteiger partial charge in [0.05, 0.1) is 17.8 Å². The first-order valence-corrected chi connectivity index (χ1v) is 5.77. The molecule has 0 bridgehead atoms. The van der Waals surface area contributed by atoms with Gasteiger partial charge in [0.15, 0.2) is 5.75 Å². The lowest BCUT2D eigenvalue weighted by atomic mass is 10.4. The first kappa shape index (κ1) is 10.0. The maximum absolute atomic E-state index is 5.64. The van der Waals surface area contributed by atoms with Crippen molar-refractivity contribution < 1.29 is 4.74 Å². The largest absolute Gasteiger partial charge is 0.435 e. The Morgan fingerprint density at radius 3 is 3.06 bits per heavy atom. The fourth-order valence-electron chi connectivity index (χ4n) is 1.48. The number of nitrogens with two attached hydrogens (primary N) is 1. The zero-order chi connectivity index (χ0) is 11.8. The summed E-state index contributed by atoms with van der Waals surface area (Å²) in [6, 6.07) is 1.91. The van der Waals surface area contributed by atoms with E-state index < -0.39 is 0 Å². The van der Waals surface area contributed by atoms with E-state index in [2.05, 4.69) is 15.1 Å². The molecule has 3 heterocycles. The molecule has 0 unspecified atom stereocenters. The minimum absolute atomic E-state index is 0.207. The molecule has 3 aromatic heterocycles. The normalized spacial score (nSPS) is 10.9. The monoisotopic (exact) mass is 247 g/mol. The van der Waals surface area contributed by atoms with Gasteiger partial charge in [0, 0.05) is 7.05 Å². The van der Waals surface area contributed by atoms with Gasteiger partial charge in [0.1, 0.15) is 4.83 Å². The minimum Gasteiger partial charge on any atom is -0.435 e. The lowest BCUT2D eigenvalue weighted by Crippen LogP contribution is -1.96. The maximum atomic E-state index is 5.64. The van der Waals surface area contributed by atoms with Gasteiger partial charge in [-0.1, -0.05) is 0 Å². The Hall–Kier alpha value is -2.15. The fraction of sp³-hybridized carbons (Fsp3) is 0.100. The molecule has 0 aliphatic rings. The number of anilines is 1. The van der Waals surface area contributed by atoms with Crippen LogP contribution in [0, 0.1) is 0 Å². The Bertz CT molecular complexity index is 674. The van der Waals surface area contributed by atoms with Crippen molar-refractivity contribution in [1.29, 1.82) is 0 Å². The van der Waals surface area contributed by atoms with Crippen molar-refractivity contribution in [3.63, 3.8) is 0 Å². The van der Waals surface area contributed by atoms with Gasteiger partial charge in [-0.3, -0.25) is 4.68 Å². The van der Waals surface area contributed by atoms with Crippen LogP contribution >= 0.6 is 11.3 Å². The van der Waals surface area contributed by atoms with Gasteiger partial charge in [-0.05, 0) is 11.4 Å². The van der Waals surface area contributed by atoms with Crippen LogP contribution in [0.4, 0.5) is 5.95 Å². The summed E-state index contributed by atoms with van der Waals surface area (Å²) in [5, 5.41) is 6.80. The van der Waals surface area contributed by atoms with Gasteiger partial charge in [0.2, 0.25) is 11.8 Å². The highest BCUT2D eigenvalue weighted by Crippen LogP contribution is 2.30. The van der Waals surface area contributed by atoms with E-state index in [0.717, 1.165) is 10.2 Å². The Kier molecular flexibility index (Phi) is 2.19. The number of rotatable bonds is 2. The molecule has 0 saturated heterocycles. The Labute approximate surface area is 101 Å². The summed E-state index contributed by atoms with van der Waals surface area (Å²) < 4.78 is 7.30. The van der Waals surface area contributed by atoms with E-state index in [1.54, 1.807) is 17.1 Å². The van der Waals surface area contributed by atoms with Crippen molar-refractivity contribution in [3.8, 4) is 11.6 Å². The molecule has 0 amide bonds. The number of aryl methyl sites for hydroxylation is 1. The Morgan fingerprint density at radius 1 is 1.41 bits per heavy atom. The minimum atomic E-state index is 0.207. The first-order chi connectivity index (χ1) is 8.22. The van der Waals surface area contributed by atoms with Crippen LogP contribution in [0.2, 0.25) is 0 Å². The number of hydrogen-bond donors (Lipinski definition) is 1. The highest BCUT2D eigenvalue weighted by Gasteiger charge is 2.10. The molecule has 0 aromatic carbocycles. The van der Waals surface area contributed by atoms with E-state index in [-0.39, 0.29) is 5.95 Å². The summed E-state index contributed by atoms with van der Waals surface area (Å²) in [5.41, 5.74) is 5.63. The number of ether oxygens (including phenoxy) is 1. The third-order valence-corrected chi connectivity index (χ3v) is 3.01. The highest BCUT2D eigenvalue weighted by atomic mass is 32.1. The summed E-state index contributed by atoms with van der Waals surface area (Å²) in [6.07, 6.45) is 3.38. The Balaban J connectivity index is 2.07. The van der Waals surface area contributed by atoms with Crippen molar-refractivity contribution in [2.75, 3.05) is 5.73 Å². The molecule has 86 valence electrons. The molecule has 0 atom stereocenters. The summed E-state index contributed by atoms with van der Waals surface area (Å²) in [4.78, 5) is 9.04. The van der Waals surface area contributed by atoms with Crippen molar-refractivity contribution >= 4 is 27.5 Å². The number of nitrogens with zero attached hydrogens (tertiary/aromatic N) is 4. The second-order valence-electron chi connectivity index (χ2n) is 3.48. The number of hydrogen-bond acceptors (Lipinski definition) is 6. The van der Waals surface area contributed by atoms with E-state index in [1.807, 2.05) is 18.5 Å². The van der Waals surface area contributed by atoms with Crippen molar-refractivity contribution in [3.05, 3.63) is 23.8 Å². The molecule has 17 heavy (non-hydrogen) atoms. The average molecular weight is 247 g/mol. The van der Waals surface area contributed by atoms with Gasteiger partial charge >= 0.3 is 0 Å². The SMILES string of the molecule is Cn1cc(Oc2nc(N)nc3sccc23)cn1. The molecular formula is C10H9N5OS. The van der Waals surface area contributed by atoms with Crippen molar-refractivity contribution in [2.45, 2.75) is 0 Å². The average Bonchev–Trinajstić information content (AvgIpc) is 2.87. The van der Waals surface area contributed by atoms with Crippen LogP contribution in [0.3, 0.4) is 0 Å². The van der Waals surface area contributed by atoms with E-state index in [4.69, 9.17) is 10.5 Å². The number of nitrogen functional groups attached to an aromatic ring is 1. The van der Waals surface area contributed by atoms with Gasteiger partial charge < -0.3 is 10.5 Å². The second kappa shape index (κ2) is 3.70. The highest BCUT2D eigenvalue weighted by molar-refractivity contribution is 7.16. The number of thiophene rings is 1. The molecular weight excluding hydrogens is 238 g/mol. The predicted octanol–water partition coefficient (Wildman–Crippen LogP) is 1.80. The predicted molar refractivity (Wildman–Crippen MR) is 65.1 cm³/mol. The summed E-state index contributed by atoms with van der Waals surface area (Å²) in [5.74, 6) is 1.29. The Morgan fingerprint density at radius 2 is 2.29 bits per heavy atom. The van der Waals surface area contributed by atoms with Crippen molar-refractivity contribution in [1.82, 2.24) is 19.7 Å². The summed E-state index contributed by atoms with van der Waals surface area (Å²) in [6.45, 7) is 0. The topological polar surface area (TPSA) is 78.9 Å². The number of fused-ring (bicyclic) bond motifs is 1. The van der Waals surface area contributed by atoms with Gasteiger partial charge in [-0.2, -0.15) is 10.1 Å². The quantitative estimate of drug-likeness (QED) is 0.747. The van der Waals surface area contributed by atoms with Gasteiger partial charge in [-0.25, -0.2) is 4.98 Å². The van der Waals surface area contributed by atoms with Gasteiger partial charge in [-0.15, -0.1) is 11.3 Å². The molecule has 2 N–H and O–H groups in total. The third-order valence-electron chi connectivity index (χ3n) is 2.20. The van der Waals surface area contributed by atoms with Crippen LogP contribution in [-0.2, 0) is 7.05 Å². The molecule has 0 aliphatic carbocycles. The molecule has 3 rings (SSSR count). The van der Waals surface area contributed by atoms with E-state index in [0.29, 0.717) is 11.6 Å². The molecule has 6 nitrogen and oxygen atoms in total. The molecule has 0 aliphatic heterocycles. The lowest BCUT2D eigenvalue weighted by Gasteiger charge is -2.03. The van der Waals surface area contributed by atoms with Crippen LogP contribution < -0.4 is 10.5 Å². The molecule has 0 saturated carbocycles. The smallest absolute Gasteiger partial charge is 0.233 e. The molecule has 3 aromatic rings. The van der Waals surface area contributed by atoms with E-state index in [9.17, 15) is 0 Å². The second-order valence-corrected chi connectivity index (χ2v) is 4.37. The zero-order valence-electron chi connectivity index (χ0n) is 8.99. The van der Waals surface area contributed by atoms with Gasteiger partial charge in [0.25, 0.3) is 0 Å². The first-order valence-electron chi connectivity index (χ1n) is 4.89. The van der Waals surface area contributed by atoms with Crippen LogP contribution in [0.15, 0.2) is 23.8 Å². The maximum Gasteiger partial charge on any atom is 0.233 e. The van der Waals surface area contributed by atoms with Crippen LogP contribution in [0.1, 0.15) is 0 Å². The fourth-order valence-corrected chi connectivity index (χ4v) is 2.25. The van der Waals surface area contributed by atoms with Crippen LogP contribution in [0.5, 0.6) is 11.6 Å². The molecule has 0 radical (unpaired) electrons. The van der Waals surface area contributed by atoms with Crippen LogP contribution in [-0.4, -0.2) is 19.7 Å². The third kappa shape index (κ3) is 1.80. The zero-order valence-corrected chi connectivity index (χ0v) is 9.81. The molecule has 0 fully saturated rings. The van der Waals surface area contributed by atoms with Crippen LogP contribution in [0.25, 0.3) is 10.2 Å². The van der Waals surface area contributed by atoms with E-state index in [1.165, 1.54) is 11.3 Å². The van der Waals surface area contributed by atoms with E-state index >= 15 is 0 Å². The molecule has 7 heteroatoms. The van der Waals surface area contributed by atoms with Crippen molar-refractivity contribution in [2.24, 2.45) is 7.05 Å². The standard InChI is InChI=1S/C10H9N5OS/c1-15-5-6(4-12-15)16-8-7-2-3-17-9(7)14-10(11)13-8/h2-5H,1H3,(H2,11,13,14). The molecule has 0 spiro atoms. The summed E-state index contributed by atoms with van der Waals surface area (Å²) in [7, 11) is 1.82. The lowest BCUT2D eigenvalue weighted by molar-refractivity contribution is 0.469.